The molecule has 0 aliphatic carbocycles. The van der Waals surface area contributed by atoms with Gasteiger partial charge in [0.1, 0.15) is 0 Å². The Hall–Kier alpha value is 0.570. The topological polar surface area (TPSA) is 46.2 Å². The Kier molecular flexibility index (Phi) is 4.16. The van der Waals surface area contributed by atoms with Crippen molar-refractivity contribution in [3.05, 3.63) is 25.6 Å². The van der Waals surface area contributed by atoms with Crippen LogP contribution in [0, 0.1) is 0 Å². The van der Waals surface area contributed by atoms with Gasteiger partial charge in [-0.2, -0.15) is 0 Å². The van der Waals surface area contributed by atoms with Crippen molar-refractivity contribution in [2.45, 2.75) is 4.90 Å². The van der Waals surface area contributed by atoms with Crippen LogP contribution >= 0.6 is 47.8 Å². The summed E-state index contributed by atoms with van der Waals surface area (Å²) in [4.78, 5) is 0.204. The predicted octanol–water partition coefficient (Wildman–Crippen LogP) is 2.88. The van der Waals surface area contributed by atoms with Crippen LogP contribution in [0.25, 0.3) is 0 Å². The van der Waals surface area contributed by atoms with Gasteiger partial charge in [0.05, 0.1) is 9.37 Å². The molecule has 0 atom stereocenters. The molecule has 0 fully saturated rings. The van der Waals surface area contributed by atoms with Gasteiger partial charge in [0.15, 0.2) is 0 Å². The number of hydrogen-bond acceptors (Lipinski definition) is 2. The van der Waals surface area contributed by atoms with Crippen LogP contribution in [0.1, 0.15) is 0 Å². The highest BCUT2D eigenvalue weighted by molar-refractivity contribution is 9.14. The van der Waals surface area contributed by atoms with Crippen LogP contribution in [-0.2, 0) is 10.0 Å². The molecule has 0 unspecified atom stereocenters. The van der Waals surface area contributed by atoms with Crippen molar-refractivity contribution in [3.63, 3.8) is 0 Å². The van der Waals surface area contributed by atoms with Gasteiger partial charge in [-0.05, 0) is 67.0 Å². The minimum atomic E-state index is -3.42. The summed E-state index contributed by atoms with van der Waals surface area (Å²) in [6, 6.07) is 3.18. The fourth-order valence-electron chi connectivity index (χ4n) is 0.826. The number of benzene rings is 1. The van der Waals surface area contributed by atoms with Crippen molar-refractivity contribution < 1.29 is 8.42 Å². The average Bonchev–Trinajstić information content (AvgIpc) is 2.14. The summed E-state index contributed by atoms with van der Waals surface area (Å²) in [6.07, 6.45) is 0. The second kappa shape index (κ2) is 4.61. The quantitative estimate of drug-likeness (QED) is 0.766. The molecule has 1 N–H and O–H groups in total. The van der Waals surface area contributed by atoms with Crippen molar-refractivity contribution in [3.8, 4) is 0 Å². The monoisotopic (exact) mass is 405 g/mol. The van der Waals surface area contributed by atoms with E-state index in [0.29, 0.717) is 8.95 Å². The average molecular weight is 408 g/mol. The van der Waals surface area contributed by atoms with E-state index in [-0.39, 0.29) is 4.90 Å². The summed E-state index contributed by atoms with van der Waals surface area (Å²) >= 11 is 9.75. The van der Waals surface area contributed by atoms with Gasteiger partial charge in [0, 0.05) is 8.95 Å². The summed E-state index contributed by atoms with van der Waals surface area (Å²) in [6.45, 7) is 0. The lowest BCUT2D eigenvalue weighted by molar-refractivity contribution is 0.587. The van der Waals surface area contributed by atoms with Crippen LogP contribution in [0.15, 0.2) is 30.4 Å². The van der Waals surface area contributed by atoms with Crippen molar-refractivity contribution in [1.82, 2.24) is 4.72 Å². The van der Waals surface area contributed by atoms with E-state index in [1.807, 2.05) is 0 Å². The van der Waals surface area contributed by atoms with E-state index in [0.717, 1.165) is 4.47 Å². The molecule has 3 nitrogen and oxygen atoms in total. The molecule has 0 amide bonds. The van der Waals surface area contributed by atoms with Gasteiger partial charge in [-0.1, -0.05) is 0 Å². The van der Waals surface area contributed by atoms with Crippen LogP contribution in [0.5, 0.6) is 0 Å². The van der Waals surface area contributed by atoms with Crippen LogP contribution in [0.4, 0.5) is 0 Å². The van der Waals surface area contributed by atoms with Gasteiger partial charge in [-0.3, -0.25) is 0 Å². The molecule has 0 saturated heterocycles. The third-order valence-electron chi connectivity index (χ3n) is 1.56. The lowest BCUT2D eigenvalue weighted by Gasteiger charge is -2.07. The molecule has 0 saturated carbocycles. The Morgan fingerprint density at radius 2 is 1.71 bits per heavy atom. The summed E-state index contributed by atoms with van der Waals surface area (Å²) in [5.74, 6) is 0. The second-order valence-electron chi connectivity index (χ2n) is 2.38. The SMILES string of the molecule is CNS(=O)(=O)c1ccc(Br)c(Br)c1Br. The molecule has 0 spiro atoms. The number of rotatable bonds is 2. The summed E-state index contributed by atoms with van der Waals surface area (Å²) < 4.78 is 27.2. The maximum Gasteiger partial charge on any atom is 0.241 e. The molecular weight excluding hydrogens is 402 g/mol. The van der Waals surface area contributed by atoms with E-state index >= 15 is 0 Å². The molecule has 7 heteroatoms. The standard InChI is InChI=1S/C7H6Br3NO2S/c1-11-14(12,13)5-3-2-4(8)6(9)7(5)10/h2-3,11H,1H3. The predicted molar refractivity (Wildman–Crippen MR) is 65.8 cm³/mol. The van der Waals surface area contributed by atoms with Crippen LogP contribution in [0.3, 0.4) is 0 Å². The van der Waals surface area contributed by atoms with E-state index in [1.165, 1.54) is 13.1 Å². The zero-order chi connectivity index (χ0) is 10.9. The van der Waals surface area contributed by atoms with E-state index in [2.05, 4.69) is 52.5 Å². The molecule has 0 aromatic heterocycles. The Morgan fingerprint density at radius 1 is 1.14 bits per heavy atom. The summed E-state index contributed by atoms with van der Waals surface area (Å²) in [7, 11) is -2.04. The molecule has 14 heavy (non-hydrogen) atoms. The molecule has 1 aromatic carbocycles. The number of hydrogen-bond donors (Lipinski definition) is 1. The minimum Gasteiger partial charge on any atom is -0.214 e. The normalized spacial score (nSPS) is 11.7. The Bertz CT molecular complexity index is 458. The summed E-state index contributed by atoms with van der Waals surface area (Å²) in [5, 5.41) is 0. The highest BCUT2D eigenvalue weighted by Crippen LogP contribution is 2.35. The van der Waals surface area contributed by atoms with Gasteiger partial charge < -0.3 is 0 Å². The highest BCUT2D eigenvalue weighted by Gasteiger charge is 2.18. The first kappa shape index (κ1) is 12.6. The third kappa shape index (κ3) is 2.38. The maximum atomic E-state index is 11.5. The lowest BCUT2D eigenvalue weighted by Crippen LogP contribution is -2.19. The van der Waals surface area contributed by atoms with Crippen molar-refractivity contribution in [1.29, 1.82) is 0 Å². The van der Waals surface area contributed by atoms with Crippen molar-refractivity contribution in [2.24, 2.45) is 0 Å². The number of nitrogens with one attached hydrogen (secondary N) is 1. The van der Waals surface area contributed by atoms with Gasteiger partial charge in [-0.25, -0.2) is 13.1 Å². The third-order valence-corrected chi connectivity index (χ3v) is 6.65. The zero-order valence-corrected chi connectivity index (χ0v) is 12.6. The molecule has 0 aliphatic rings. The Labute approximate surface area is 108 Å². The zero-order valence-electron chi connectivity index (χ0n) is 7.01. The highest BCUT2D eigenvalue weighted by atomic mass is 79.9. The molecular formula is C7H6Br3NO2S. The first-order chi connectivity index (χ1) is 6.40. The van der Waals surface area contributed by atoms with E-state index in [1.54, 1.807) is 6.07 Å². The van der Waals surface area contributed by atoms with Crippen molar-refractivity contribution in [2.75, 3.05) is 7.05 Å². The fourth-order valence-corrected chi connectivity index (χ4v) is 3.69. The Balaban J connectivity index is 3.47. The molecule has 0 heterocycles. The van der Waals surface area contributed by atoms with Crippen molar-refractivity contribution >= 4 is 57.8 Å². The van der Waals surface area contributed by atoms with E-state index in [4.69, 9.17) is 0 Å². The lowest BCUT2D eigenvalue weighted by atomic mass is 10.4. The Morgan fingerprint density at radius 3 is 2.21 bits per heavy atom. The smallest absolute Gasteiger partial charge is 0.214 e. The van der Waals surface area contributed by atoms with Crippen LogP contribution in [0.2, 0.25) is 0 Å². The van der Waals surface area contributed by atoms with Crippen LogP contribution < -0.4 is 4.72 Å². The second-order valence-corrected chi connectivity index (χ2v) is 6.68. The van der Waals surface area contributed by atoms with Gasteiger partial charge in [-0.15, -0.1) is 0 Å². The van der Waals surface area contributed by atoms with Gasteiger partial charge >= 0.3 is 0 Å². The molecule has 0 radical (unpaired) electrons. The molecule has 78 valence electrons. The molecule has 0 bridgehead atoms. The summed E-state index contributed by atoms with van der Waals surface area (Å²) in [5.41, 5.74) is 0. The van der Waals surface area contributed by atoms with Crippen LogP contribution in [-0.4, -0.2) is 15.5 Å². The first-order valence-corrected chi connectivity index (χ1v) is 7.33. The van der Waals surface area contributed by atoms with Gasteiger partial charge in [0.2, 0.25) is 10.0 Å². The number of sulfonamides is 1. The maximum absolute atomic E-state index is 11.5. The first-order valence-electron chi connectivity index (χ1n) is 3.47. The van der Waals surface area contributed by atoms with Gasteiger partial charge in [0.25, 0.3) is 0 Å². The number of halogens is 3. The molecule has 1 aromatic rings. The minimum absolute atomic E-state index is 0.204. The van der Waals surface area contributed by atoms with E-state index < -0.39 is 10.0 Å². The molecule has 1 rings (SSSR count). The molecule has 0 aliphatic heterocycles. The van der Waals surface area contributed by atoms with E-state index in [9.17, 15) is 8.42 Å². The largest absolute Gasteiger partial charge is 0.241 e. The fraction of sp³-hybridized carbons (Fsp3) is 0.143.